The maximum absolute atomic E-state index is 11.9. The molecule has 0 bridgehead atoms. The summed E-state index contributed by atoms with van der Waals surface area (Å²) in [7, 11) is 0. The van der Waals surface area contributed by atoms with Gasteiger partial charge < -0.3 is 16.0 Å². The van der Waals surface area contributed by atoms with Crippen molar-refractivity contribution in [3.63, 3.8) is 0 Å². The number of nitrogens with zero attached hydrogens (tertiary/aromatic N) is 1. The molecule has 1 heterocycles. The van der Waals surface area contributed by atoms with Crippen LogP contribution in [0.4, 0.5) is 4.79 Å². The first-order valence-corrected chi connectivity index (χ1v) is 6.30. The molecule has 2 atom stereocenters. The lowest BCUT2D eigenvalue weighted by atomic mass is 9.99. The molecule has 4 nitrogen and oxygen atoms in total. The minimum atomic E-state index is 0.0692. The summed E-state index contributed by atoms with van der Waals surface area (Å²) in [5, 5.41) is 3.02. The van der Waals surface area contributed by atoms with Crippen molar-refractivity contribution in [3.8, 4) is 0 Å². The van der Waals surface area contributed by atoms with Gasteiger partial charge >= 0.3 is 6.03 Å². The van der Waals surface area contributed by atoms with Gasteiger partial charge in [-0.3, -0.25) is 0 Å². The number of piperidine rings is 1. The van der Waals surface area contributed by atoms with E-state index in [-0.39, 0.29) is 12.1 Å². The third-order valence-electron chi connectivity index (χ3n) is 3.65. The van der Waals surface area contributed by atoms with E-state index in [0.29, 0.717) is 12.5 Å². The van der Waals surface area contributed by atoms with Crippen molar-refractivity contribution in [1.29, 1.82) is 0 Å². The van der Waals surface area contributed by atoms with Crippen molar-refractivity contribution in [2.75, 3.05) is 19.6 Å². The maximum Gasteiger partial charge on any atom is 0.317 e. The summed E-state index contributed by atoms with van der Waals surface area (Å²) in [5.74, 6) is 1.08. The predicted molar refractivity (Wildman–Crippen MR) is 66.2 cm³/mol. The molecule has 2 amide bonds. The van der Waals surface area contributed by atoms with Gasteiger partial charge in [0, 0.05) is 19.1 Å². The minimum absolute atomic E-state index is 0.0692. The highest BCUT2D eigenvalue weighted by molar-refractivity contribution is 5.74. The Balaban J connectivity index is 2.34. The number of urea groups is 1. The van der Waals surface area contributed by atoms with E-state index in [9.17, 15) is 4.79 Å². The van der Waals surface area contributed by atoms with Crippen LogP contribution in [-0.4, -0.2) is 36.6 Å². The standard InChI is InChI=1S/C12H25N3O/c1-9-4-6-15(7-5-9)12(16)14-11(3)10(2)8-13/h9-11H,4-8,13H2,1-3H3,(H,14,16). The fraction of sp³-hybridized carbons (Fsp3) is 0.917. The van der Waals surface area contributed by atoms with Gasteiger partial charge in [-0.25, -0.2) is 4.79 Å². The van der Waals surface area contributed by atoms with Gasteiger partial charge in [-0.2, -0.15) is 0 Å². The van der Waals surface area contributed by atoms with Crippen LogP contribution in [0.25, 0.3) is 0 Å². The zero-order chi connectivity index (χ0) is 12.1. The summed E-state index contributed by atoms with van der Waals surface area (Å²) in [6.45, 7) is 8.70. The maximum atomic E-state index is 11.9. The predicted octanol–water partition coefficient (Wildman–Crippen LogP) is 1.41. The average molecular weight is 227 g/mol. The summed E-state index contributed by atoms with van der Waals surface area (Å²) in [4.78, 5) is 13.8. The highest BCUT2D eigenvalue weighted by Gasteiger charge is 2.22. The number of amides is 2. The van der Waals surface area contributed by atoms with Gasteiger partial charge in [0.25, 0.3) is 0 Å². The second kappa shape index (κ2) is 6.09. The first kappa shape index (κ1) is 13.3. The molecule has 0 aromatic rings. The van der Waals surface area contributed by atoms with Crippen LogP contribution >= 0.6 is 0 Å². The van der Waals surface area contributed by atoms with Crippen molar-refractivity contribution < 1.29 is 4.79 Å². The third kappa shape index (κ3) is 3.67. The van der Waals surface area contributed by atoms with Gasteiger partial charge in [-0.05, 0) is 38.1 Å². The van der Waals surface area contributed by atoms with E-state index in [4.69, 9.17) is 5.73 Å². The molecule has 1 aliphatic rings. The lowest BCUT2D eigenvalue weighted by molar-refractivity contribution is 0.168. The molecule has 0 radical (unpaired) electrons. The first-order valence-electron chi connectivity index (χ1n) is 6.30. The van der Waals surface area contributed by atoms with Crippen LogP contribution in [0.1, 0.15) is 33.6 Å². The smallest absolute Gasteiger partial charge is 0.317 e. The zero-order valence-corrected chi connectivity index (χ0v) is 10.7. The van der Waals surface area contributed by atoms with Gasteiger partial charge in [0.05, 0.1) is 0 Å². The van der Waals surface area contributed by atoms with E-state index in [0.717, 1.165) is 31.8 Å². The molecule has 1 saturated heterocycles. The number of hydrogen-bond donors (Lipinski definition) is 2. The molecule has 94 valence electrons. The van der Waals surface area contributed by atoms with Crippen molar-refractivity contribution in [3.05, 3.63) is 0 Å². The Bertz CT molecular complexity index is 224. The van der Waals surface area contributed by atoms with E-state index in [1.54, 1.807) is 0 Å². The third-order valence-corrected chi connectivity index (χ3v) is 3.65. The van der Waals surface area contributed by atoms with Crippen LogP contribution in [0.15, 0.2) is 0 Å². The second-order valence-corrected chi connectivity index (χ2v) is 5.12. The average Bonchev–Trinajstić information content (AvgIpc) is 2.28. The fourth-order valence-electron chi connectivity index (χ4n) is 1.84. The molecule has 3 N–H and O–H groups in total. The molecule has 2 unspecified atom stereocenters. The normalized spacial score (nSPS) is 21.6. The molecular weight excluding hydrogens is 202 g/mol. The Morgan fingerprint density at radius 3 is 2.50 bits per heavy atom. The van der Waals surface area contributed by atoms with Crippen LogP contribution in [0, 0.1) is 11.8 Å². The molecule has 4 heteroatoms. The molecule has 16 heavy (non-hydrogen) atoms. The Kier molecular flexibility index (Phi) is 5.06. The molecular formula is C12H25N3O. The number of likely N-dealkylation sites (tertiary alicyclic amines) is 1. The largest absolute Gasteiger partial charge is 0.335 e. The van der Waals surface area contributed by atoms with E-state index in [2.05, 4.69) is 19.2 Å². The van der Waals surface area contributed by atoms with E-state index in [1.165, 1.54) is 0 Å². The SMILES string of the molecule is CC1CCN(C(=O)NC(C)C(C)CN)CC1. The van der Waals surface area contributed by atoms with Gasteiger partial charge in [0.15, 0.2) is 0 Å². The van der Waals surface area contributed by atoms with Gasteiger partial charge in [0.2, 0.25) is 0 Å². The number of rotatable bonds is 3. The first-order chi connectivity index (χ1) is 7.54. The summed E-state index contributed by atoms with van der Waals surface area (Å²) in [6, 6.07) is 0.219. The Morgan fingerprint density at radius 2 is 2.00 bits per heavy atom. The quantitative estimate of drug-likeness (QED) is 0.766. The van der Waals surface area contributed by atoms with Crippen LogP contribution in [0.2, 0.25) is 0 Å². The Labute approximate surface area is 98.6 Å². The van der Waals surface area contributed by atoms with Crippen LogP contribution in [-0.2, 0) is 0 Å². The molecule has 1 aliphatic heterocycles. The molecule has 0 aromatic carbocycles. The summed E-state index contributed by atoms with van der Waals surface area (Å²) < 4.78 is 0. The highest BCUT2D eigenvalue weighted by Crippen LogP contribution is 2.16. The van der Waals surface area contributed by atoms with E-state index < -0.39 is 0 Å². The summed E-state index contributed by atoms with van der Waals surface area (Å²) >= 11 is 0. The molecule has 0 aliphatic carbocycles. The monoisotopic (exact) mass is 227 g/mol. The highest BCUT2D eigenvalue weighted by atomic mass is 16.2. The lowest BCUT2D eigenvalue weighted by Gasteiger charge is -2.32. The van der Waals surface area contributed by atoms with Gasteiger partial charge in [-0.15, -0.1) is 0 Å². The topological polar surface area (TPSA) is 58.4 Å². The van der Waals surface area contributed by atoms with Crippen molar-refractivity contribution in [2.45, 2.75) is 39.7 Å². The molecule has 1 fully saturated rings. The second-order valence-electron chi connectivity index (χ2n) is 5.12. The number of carbonyl (C=O) groups excluding carboxylic acids is 1. The van der Waals surface area contributed by atoms with Gasteiger partial charge in [0.1, 0.15) is 0 Å². The number of nitrogens with one attached hydrogen (secondary N) is 1. The Morgan fingerprint density at radius 1 is 1.44 bits per heavy atom. The molecule has 0 saturated carbocycles. The number of hydrogen-bond acceptors (Lipinski definition) is 2. The number of nitrogens with two attached hydrogens (primary N) is 1. The van der Waals surface area contributed by atoms with Crippen molar-refractivity contribution in [2.24, 2.45) is 17.6 Å². The van der Waals surface area contributed by atoms with Crippen LogP contribution in [0.5, 0.6) is 0 Å². The summed E-state index contributed by atoms with van der Waals surface area (Å²) in [5.41, 5.74) is 5.58. The molecule has 0 aromatic heterocycles. The van der Waals surface area contributed by atoms with Gasteiger partial charge in [-0.1, -0.05) is 13.8 Å². The molecule has 1 rings (SSSR count). The lowest BCUT2D eigenvalue weighted by Crippen LogP contribution is -2.49. The zero-order valence-electron chi connectivity index (χ0n) is 10.7. The Hall–Kier alpha value is -0.770. The van der Waals surface area contributed by atoms with Crippen LogP contribution in [0.3, 0.4) is 0 Å². The van der Waals surface area contributed by atoms with Crippen molar-refractivity contribution in [1.82, 2.24) is 10.2 Å². The van der Waals surface area contributed by atoms with Crippen molar-refractivity contribution >= 4 is 6.03 Å². The van der Waals surface area contributed by atoms with E-state index >= 15 is 0 Å². The minimum Gasteiger partial charge on any atom is -0.335 e. The van der Waals surface area contributed by atoms with E-state index in [1.807, 2.05) is 11.8 Å². The van der Waals surface area contributed by atoms with Crippen LogP contribution < -0.4 is 11.1 Å². The number of carbonyl (C=O) groups is 1. The summed E-state index contributed by atoms with van der Waals surface area (Å²) in [6.07, 6.45) is 2.24. The fourth-order valence-corrected chi connectivity index (χ4v) is 1.84. The molecule has 0 spiro atoms.